The predicted octanol–water partition coefficient (Wildman–Crippen LogP) is -2.92. The first-order valence-corrected chi connectivity index (χ1v) is 10.0. The number of benzene rings is 1. The maximum atomic E-state index is 12.9. The summed E-state index contributed by atoms with van der Waals surface area (Å²) in [6.07, 6.45) is -2.02. The molecule has 13 heteroatoms. The number of carbonyl (C=O) groups excluding carboxylic acids is 4. The van der Waals surface area contributed by atoms with Crippen molar-refractivity contribution in [1.29, 1.82) is 0 Å². The molecule has 10 N–H and O–H groups in total. The Morgan fingerprint density at radius 3 is 2.03 bits per heavy atom. The van der Waals surface area contributed by atoms with E-state index in [1.54, 1.807) is 0 Å². The molecular formula is C20H29N5O8. The van der Waals surface area contributed by atoms with Gasteiger partial charge in [0.25, 0.3) is 0 Å². The number of nitrogens with two attached hydrogens (primary N) is 2. The molecule has 0 bridgehead atoms. The molecule has 0 radical (unpaired) electrons. The van der Waals surface area contributed by atoms with E-state index in [0.29, 0.717) is 5.56 Å². The zero-order valence-electron chi connectivity index (χ0n) is 18.0. The fourth-order valence-electron chi connectivity index (χ4n) is 2.80. The summed E-state index contributed by atoms with van der Waals surface area (Å²) in [4.78, 5) is 59.8. The standard InChI is InChI=1S/C20H29N5O8/c1-10(26)17(20(32)33)25-18(30)13(6-7-15(22)28)24-19(31)14(23-16(29)9-21)8-11-2-4-12(27)5-3-11/h2-5,10,13-14,17,26-27H,6-9,21H2,1H3,(H2,22,28)(H,23,29)(H,24,31)(H,25,30)(H,32,33). The van der Waals surface area contributed by atoms with Gasteiger partial charge in [0.2, 0.25) is 23.6 Å². The molecule has 182 valence electrons. The molecule has 33 heavy (non-hydrogen) atoms. The van der Waals surface area contributed by atoms with Crippen molar-refractivity contribution in [2.24, 2.45) is 11.5 Å². The minimum Gasteiger partial charge on any atom is -0.508 e. The fraction of sp³-hybridized carbons (Fsp3) is 0.450. The number of amides is 4. The van der Waals surface area contributed by atoms with Gasteiger partial charge in [0, 0.05) is 12.8 Å². The summed E-state index contributed by atoms with van der Waals surface area (Å²) in [6, 6.07) is 1.61. The van der Waals surface area contributed by atoms with Crippen LogP contribution >= 0.6 is 0 Å². The van der Waals surface area contributed by atoms with Gasteiger partial charge in [-0.2, -0.15) is 0 Å². The molecule has 4 unspecified atom stereocenters. The number of phenols is 1. The van der Waals surface area contributed by atoms with E-state index in [1.165, 1.54) is 24.3 Å². The molecule has 0 spiro atoms. The molecule has 0 aliphatic rings. The third-order valence-corrected chi connectivity index (χ3v) is 4.57. The largest absolute Gasteiger partial charge is 0.508 e. The first kappa shape index (κ1) is 27.3. The van der Waals surface area contributed by atoms with Gasteiger partial charge >= 0.3 is 5.97 Å². The van der Waals surface area contributed by atoms with Gasteiger partial charge < -0.3 is 42.7 Å². The van der Waals surface area contributed by atoms with Crippen molar-refractivity contribution in [1.82, 2.24) is 16.0 Å². The maximum absolute atomic E-state index is 12.9. The topological polar surface area (TPSA) is 234 Å². The van der Waals surface area contributed by atoms with Gasteiger partial charge in [-0.05, 0) is 31.0 Å². The van der Waals surface area contributed by atoms with Crippen molar-refractivity contribution in [2.75, 3.05) is 6.54 Å². The van der Waals surface area contributed by atoms with Crippen LogP contribution in [0.15, 0.2) is 24.3 Å². The first-order chi connectivity index (χ1) is 15.4. The van der Waals surface area contributed by atoms with E-state index in [0.717, 1.165) is 6.92 Å². The van der Waals surface area contributed by atoms with Gasteiger partial charge in [0.05, 0.1) is 12.6 Å². The second kappa shape index (κ2) is 13.0. The molecule has 0 heterocycles. The van der Waals surface area contributed by atoms with Crippen molar-refractivity contribution in [3.8, 4) is 5.75 Å². The number of hydrogen-bond acceptors (Lipinski definition) is 8. The molecule has 4 amide bonds. The number of carbonyl (C=O) groups is 5. The summed E-state index contributed by atoms with van der Waals surface area (Å²) < 4.78 is 0. The number of aliphatic carboxylic acids is 1. The molecule has 4 atom stereocenters. The lowest BCUT2D eigenvalue weighted by molar-refractivity contribution is -0.145. The lowest BCUT2D eigenvalue weighted by Gasteiger charge is -2.25. The summed E-state index contributed by atoms with van der Waals surface area (Å²) in [5.74, 6) is -4.68. The molecule has 1 rings (SSSR count). The smallest absolute Gasteiger partial charge is 0.328 e. The van der Waals surface area contributed by atoms with Crippen LogP contribution in [0.4, 0.5) is 0 Å². The number of rotatable bonds is 13. The minimum absolute atomic E-state index is 0.0000264. The number of aromatic hydroxyl groups is 1. The van der Waals surface area contributed by atoms with E-state index in [2.05, 4.69) is 16.0 Å². The molecular weight excluding hydrogens is 438 g/mol. The highest BCUT2D eigenvalue weighted by Crippen LogP contribution is 2.12. The molecule has 1 aromatic rings. The van der Waals surface area contributed by atoms with Gasteiger partial charge in [-0.15, -0.1) is 0 Å². The SMILES string of the molecule is CC(O)C(NC(=O)C(CCC(N)=O)NC(=O)C(Cc1ccc(O)cc1)NC(=O)CN)C(=O)O. The quantitative estimate of drug-likeness (QED) is 0.148. The van der Waals surface area contributed by atoms with Crippen molar-refractivity contribution in [2.45, 2.75) is 50.4 Å². The number of carboxylic acid groups (broad SMARTS) is 1. The Morgan fingerprint density at radius 2 is 1.55 bits per heavy atom. The first-order valence-electron chi connectivity index (χ1n) is 10.0. The van der Waals surface area contributed by atoms with Crippen molar-refractivity contribution >= 4 is 29.6 Å². The third-order valence-electron chi connectivity index (χ3n) is 4.57. The lowest BCUT2D eigenvalue weighted by Crippen LogP contribution is -2.58. The van der Waals surface area contributed by atoms with E-state index >= 15 is 0 Å². The number of primary amides is 1. The van der Waals surface area contributed by atoms with Crippen LogP contribution in [0.5, 0.6) is 5.75 Å². The van der Waals surface area contributed by atoms with Gasteiger partial charge in [0.1, 0.15) is 17.8 Å². The average molecular weight is 467 g/mol. The molecule has 0 saturated heterocycles. The molecule has 0 aliphatic heterocycles. The van der Waals surface area contributed by atoms with Crippen LogP contribution in [0.25, 0.3) is 0 Å². The summed E-state index contributed by atoms with van der Waals surface area (Å²) in [5.41, 5.74) is 11.0. The van der Waals surface area contributed by atoms with Gasteiger partial charge in [-0.25, -0.2) is 4.79 Å². The van der Waals surface area contributed by atoms with Crippen molar-refractivity contribution in [3.05, 3.63) is 29.8 Å². The number of aliphatic hydroxyl groups is 1. The number of nitrogens with one attached hydrogen (secondary N) is 3. The summed E-state index contributed by atoms with van der Waals surface area (Å²) in [7, 11) is 0. The zero-order chi connectivity index (χ0) is 25.1. The van der Waals surface area contributed by atoms with E-state index < -0.39 is 60.4 Å². The Kier molecular flexibility index (Phi) is 10.7. The predicted molar refractivity (Wildman–Crippen MR) is 114 cm³/mol. The van der Waals surface area contributed by atoms with Crippen LogP contribution < -0.4 is 27.4 Å². The Morgan fingerprint density at radius 1 is 0.970 bits per heavy atom. The second-order valence-corrected chi connectivity index (χ2v) is 7.33. The highest BCUT2D eigenvalue weighted by Gasteiger charge is 2.31. The Bertz CT molecular complexity index is 859. The van der Waals surface area contributed by atoms with E-state index in [-0.39, 0.29) is 25.0 Å². The summed E-state index contributed by atoms with van der Waals surface area (Å²) in [5, 5.41) is 35.0. The summed E-state index contributed by atoms with van der Waals surface area (Å²) in [6.45, 7) is 0.756. The Hall–Kier alpha value is -3.71. The summed E-state index contributed by atoms with van der Waals surface area (Å²) >= 11 is 0. The zero-order valence-corrected chi connectivity index (χ0v) is 18.0. The van der Waals surface area contributed by atoms with Crippen LogP contribution in [0.3, 0.4) is 0 Å². The monoisotopic (exact) mass is 467 g/mol. The Balaban J connectivity index is 3.07. The van der Waals surface area contributed by atoms with Crippen LogP contribution in [-0.4, -0.2) is 75.7 Å². The highest BCUT2D eigenvalue weighted by atomic mass is 16.4. The van der Waals surface area contributed by atoms with Gasteiger partial charge in [-0.3, -0.25) is 19.2 Å². The minimum atomic E-state index is -1.66. The van der Waals surface area contributed by atoms with Crippen molar-refractivity contribution in [3.63, 3.8) is 0 Å². The molecule has 0 aliphatic carbocycles. The number of hydrogen-bond donors (Lipinski definition) is 8. The molecule has 0 saturated carbocycles. The second-order valence-electron chi connectivity index (χ2n) is 7.33. The third kappa shape index (κ3) is 9.53. The lowest BCUT2D eigenvalue weighted by atomic mass is 10.0. The number of phenolic OH excluding ortho intramolecular Hbond substituents is 1. The molecule has 1 aromatic carbocycles. The van der Waals surface area contributed by atoms with E-state index in [9.17, 15) is 34.2 Å². The van der Waals surface area contributed by atoms with Gasteiger partial charge in [0.15, 0.2) is 6.04 Å². The number of carboxylic acids is 1. The van der Waals surface area contributed by atoms with Crippen LogP contribution in [0, 0.1) is 0 Å². The van der Waals surface area contributed by atoms with Crippen LogP contribution in [0.1, 0.15) is 25.3 Å². The van der Waals surface area contributed by atoms with E-state index in [4.69, 9.17) is 16.6 Å². The fourth-order valence-corrected chi connectivity index (χ4v) is 2.80. The Labute approximate surface area is 189 Å². The molecule has 0 aromatic heterocycles. The average Bonchev–Trinajstić information content (AvgIpc) is 2.74. The number of aliphatic hydroxyl groups excluding tert-OH is 1. The maximum Gasteiger partial charge on any atom is 0.328 e. The van der Waals surface area contributed by atoms with Crippen LogP contribution in [0.2, 0.25) is 0 Å². The van der Waals surface area contributed by atoms with E-state index in [1.807, 2.05) is 0 Å². The van der Waals surface area contributed by atoms with Gasteiger partial charge in [-0.1, -0.05) is 12.1 Å². The highest BCUT2D eigenvalue weighted by molar-refractivity contribution is 5.94. The van der Waals surface area contributed by atoms with Crippen LogP contribution in [-0.2, 0) is 30.4 Å². The molecule has 0 fully saturated rings. The molecule has 13 nitrogen and oxygen atoms in total. The normalized spacial score (nSPS) is 14.3. The van der Waals surface area contributed by atoms with Crippen molar-refractivity contribution < 1.29 is 39.3 Å².